The molecule has 0 spiro atoms. The van der Waals surface area contributed by atoms with Crippen LogP contribution in [0.2, 0.25) is 0 Å². The van der Waals surface area contributed by atoms with Gasteiger partial charge in [-0.1, -0.05) is 0 Å². The fourth-order valence-corrected chi connectivity index (χ4v) is 2.91. The molecule has 0 bridgehead atoms. The SMILES string of the molecule is Cc1ccnc(N2CCN(c3nc(C4CC4)cc(=O)[nH]3)CC2)n1. The highest BCUT2D eigenvalue weighted by Gasteiger charge is 2.27. The van der Waals surface area contributed by atoms with Crippen molar-refractivity contribution < 1.29 is 0 Å². The maximum Gasteiger partial charge on any atom is 0.252 e. The van der Waals surface area contributed by atoms with Crippen molar-refractivity contribution in [1.29, 1.82) is 0 Å². The first kappa shape index (κ1) is 14.2. The molecule has 0 atom stereocenters. The lowest BCUT2D eigenvalue weighted by molar-refractivity contribution is 0.624. The second-order valence-corrected chi connectivity index (χ2v) is 6.24. The normalized spacial score (nSPS) is 18.3. The highest BCUT2D eigenvalue weighted by atomic mass is 16.1. The zero-order chi connectivity index (χ0) is 15.8. The Kier molecular flexibility index (Phi) is 3.48. The number of nitrogens with one attached hydrogen (secondary N) is 1. The van der Waals surface area contributed by atoms with E-state index in [1.165, 1.54) is 0 Å². The number of aryl methyl sites for hydroxylation is 1. The van der Waals surface area contributed by atoms with Gasteiger partial charge in [0, 0.05) is 50.1 Å². The van der Waals surface area contributed by atoms with Crippen LogP contribution in [-0.4, -0.2) is 46.1 Å². The smallest absolute Gasteiger partial charge is 0.252 e. The van der Waals surface area contributed by atoms with E-state index in [2.05, 4.69) is 29.7 Å². The van der Waals surface area contributed by atoms with Gasteiger partial charge in [0.25, 0.3) is 5.56 Å². The Morgan fingerprint density at radius 2 is 1.87 bits per heavy atom. The number of piperazine rings is 1. The molecule has 4 rings (SSSR count). The van der Waals surface area contributed by atoms with Gasteiger partial charge in [0.1, 0.15) is 0 Å². The predicted octanol–water partition coefficient (Wildman–Crippen LogP) is 1.07. The summed E-state index contributed by atoms with van der Waals surface area (Å²) in [4.78, 5) is 32.5. The van der Waals surface area contributed by atoms with Crippen LogP contribution in [0.15, 0.2) is 23.1 Å². The van der Waals surface area contributed by atoms with Gasteiger partial charge in [-0.05, 0) is 25.8 Å². The number of hydrogen-bond acceptors (Lipinski definition) is 6. The summed E-state index contributed by atoms with van der Waals surface area (Å²) in [7, 11) is 0. The van der Waals surface area contributed by atoms with Crippen molar-refractivity contribution >= 4 is 11.9 Å². The van der Waals surface area contributed by atoms with Crippen LogP contribution < -0.4 is 15.4 Å². The molecule has 2 aromatic heterocycles. The molecule has 1 N–H and O–H groups in total. The highest BCUT2D eigenvalue weighted by molar-refractivity contribution is 5.38. The standard InChI is InChI=1S/C16H20N6O/c1-11-4-5-17-15(18-11)21-6-8-22(9-7-21)16-19-13(12-2-3-12)10-14(23)20-16/h4-5,10,12H,2-3,6-9H2,1H3,(H,19,20,23). The molecule has 2 aliphatic rings. The van der Waals surface area contributed by atoms with Crippen LogP contribution in [0, 0.1) is 6.92 Å². The lowest BCUT2D eigenvalue weighted by Crippen LogP contribution is -2.48. The molecule has 0 aromatic carbocycles. The fraction of sp³-hybridized carbons (Fsp3) is 0.500. The van der Waals surface area contributed by atoms with E-state index in [1.807, 2.05) is 13.0 Å². The summed E-state index contributed by atoms with van der Waals surface area (Å²) >= 11 is 0. The fourth-order valence-electron chi connectivity index (χ4n) is 2.91. The minimum Gasteiger partial charge on any atom is -0.339 e. The van der Waals surface area contributed by atoms with Gasteiger partial charge in [-0.15, -0.1) is 0 Å². The maximum absolute atomic E-state index is 11.9. The first-order valence-corrected chi connectivity index (χ1v) is 8.10. The molecule has 1 saturated heterocycles. The average Bonchev–Trinajstić information content (AvgIpc) is 3.39. The Bertz CT molecular complexity index is 761. The molecule has 0 amide bonds. The van der Waals surface area contributed by atoms with E-state index in [-0.39, 0.29) is 5.56 Å². The summed E-state index contributed by atoms with van der Waals surface area (Å²) in [6.07, 6.45) is 4.09. The molecule has 1 aliphatic heterocycles. The van der Waals surface area contributed by atoms with Gasteiger partial charge in [-0.3, -0.25) is 9.78 Å². The van der Waals surface area contributed by atoms with Crippen molar-refractivity contribution in [2.24, 2.45) is 0 Å². The largest absolute Gasteiger partial charge is 0.339 e. The van der Waals surface area contributed by atoms with Crippen LogP contribution in [-0.2, 0) is 0 Å². The van der Waals surface area contributed by atoms with Gasteiger partial charge in [0.2, 0.25) is 11.9 Å². The topological polar surface area (TPSA) is 78.0 Å². The molecular weight excluding hydrogens is 292 g/mol. The summed E-state index contributed by atoms with van der Waals surface area (Å²) in [6.45, 7) is 5.21. The van der Waals surface area contributed by atoms with E-state index in [1.54, 1.807) is 12.3 Å². The highest BCUT2D eigenvalue weighted by Crippen LogP contribution is 2.38. The molecule has 1 aliphatic carbocycles. The third-order valence-corrected chi connectivity index (χ3v) is 4.39. The third kappa shape index (κ3) is 3.04. The van der Waals surface area contributed by atoms with E-state index in [9.17, 15) is 4.79 Å². The molecule has 2 fully saturated rings. The maximum atomic E-state index is 11.9. The Labute approximate surface area is 134 Å². The van der Waals surface area contributed by atoms with E-state index in [0.29, 0.717) is 11.9 Å². The van der Waals surface area contributed by atoms with E-state index < -0.39 is 0 Å². The first-order chi connectivity index (χ1) is 11.2. The van der Waals surface area contributed by atoms with Crippen molar-refractivity contribution in [1.82, 2.24) is 19.9 Å². The Hall–Kier alpha value is -2.44. The quantitative estimate of drug-likeness (QED) is 0.913. The molecule has 2 aromatic rings. The lowest BCUT2D eigenvalue weighted by atomic mass is 10.3. The molecule has 1 saturated carbocycles. The van der Waals surface area contributed by atoms with Crippen LogP contribution in [0.3, 0.4) is 0 Å². The summed E-state index contributed by atoms with van der Waals surface area (Å²) in [5.74, 6) is 1.96. The number of aromatic nitrogens is 4. The van der Waals surface area contributed by atoms with Gasteiger partial charge in [-0.25, -0.2) is 15.0 Å². The lowest BCUT2D eigenvalue weighted by Gasteiger charge is -2.35. The van der Waals surface area contributed by atoms with Crippen LogP contribution in [0.4, 0.5) is 11.9 Å². The van der Waals surface area contributed by atoms with Gasteiger partial charge in [0.15, 0.2) is 0 Å². The van der Waals surface area contributed by atoms with E-state index >= 15 is 0 Å². The molecule has 120 valence electrons. The number of nitrogens with zero attached hydrogens (tertiary/aromatic N) is 5. The molecular formula is C16H20N6O. The molecule has 7 heteroatoms. The number of hydrogen-bond donors (Lipinski definition) is 1. The molecule has 3 heterocycles. The van der Waals surface area contributed by atoms with Crippen molar-refractivity contribution in [3.8, 4) is 0 Å². The summed E-state index contributed by atoms with van der Waals surface area (Å²) in [5, 5.41) is 0. The number of aromatic amines is 1. The Morgan fingerprint density at radius 3 is 2.57 bits per heavy atom. The minimum atomic E-state index is -0.0543. The van der Waals surface area contributed by atoms with Gasteiger partial charge in [0.05, 0.1) is 5.69 Å². The minimum absolute atomic E-state index is 0.0543. The second-order valence-electron chi connectivity index (χ2n) is 6.24. The van der Waals surface area contributed by atoms with Crippen molar-refractivity contribution in [2.75, 3.05) is 36.0 Å². The van der Waals surface area contributed by atoms with Crippen molar-refractivity contribution in [2.45, 2.75) is 25.7 Å². The summed E-state index contributed by atoms with van der Waals surface area (Å²) in [5.41, 5.74) is 1.86. The Morgan fingerprint density at radius 1 is 1.13 bits per heavy atom. The molecule has 0 unspecified atom stereocenters. The Balaban J connectivity index is 1.48. The molecule has 23 heavy (non-hydrogen) atoms. The van der Waals surface area contributed by atoms with Gasteiger partial charge >= 0.3 is 0 Å². The third-order valence-electron chi connectivity index (χ3n) is 4.39. The number of rotatable bonds is 3. The van der Waals surface area contributed by atoms with Crippen LogP contribution in [0.5, 0.6) is 0 Å². The molecule has 7 nitrogen and oxygen atoms in total. The monoisotopic (exact) mass is 312 g/mol. The van der Waals surface area contributed by atoms with Crippen LogP contribution >= 0.6 is 0 Å². The number of H-pyrrole nitrogens is 1. The van der Waals surface area contributed by atoms with Gasteiger partial charge < -0.3 is 9.80 Å². The zero-order valence-electron chi connectivity index (χ0n) is 13.2. The second kappa shape index (κ2) is 5.64. The van der Waals surface area contributed by atoms with Crippen molar-refractivity contribution in [3.63, 3.8) is 0 Å². The van der Waals surface area contributed by atoms with Crippen LogP contribution in [0.25, 0.3) is 0 Å². The number of anilines is 2. The van der Waals surface area contributed by atoms with Crippen molar-refractivity contribution in [3.05, 3.63) is 40.1 Å². The predicted molar refractivity (Wildman–Crippen MR) is 88.0 cm³/mol. The van der Waals surface area contributed by atoms with Crippen LogP contribution in [0.1, 0.15) is 30.1 Å². The average molecular weight is 312 g/mol. The summed E-state index contributed by atoms with van der Waals surface area (Å²) in [6, 6.07) is 3.54. The first-order valence-electron chi connectivity index (χ1n) is 8.10. The van der Waals surface area contributed by atoms with E-state index in [4.69, 9.17) is 0 Å². The summed E-state index contributed by atoms with van der Waals surface area (Å²) < 4.78 is 0. The van der Waals surface area contributed by atoms with E-state index in [0.717, 1.165) is 56.4 Å². The zero-order valence-corrected chi connectivity index (χ0v) is 13.2. The molecule has 0 radical (unpaired) electrons. The van der Waals surface area contributed by atoms with Gasteiger partial charge in [-0.2, -0.15) is 0 Å².